The molecule has 0 aliphatic carbocycles. The number of rotatable bonds is 5. The van der Waals surface area contributed by atoms with Crippen molar-refractivity contribution in [1.29, 1.82) is 0 Å². The Morgan fingerprint density at radius 2 is 2.24 bits per heavy atom. The molecule has 0 amide bonds. The molecule has 1 N–H and O–H groups in total. The normalized spacial score (nSPS) is 27.2. The second-order valence-electron chi connectivity index (χ2n) is 6.64. The number of thiophene rings is 1. The lowest BCUT2D eigenvalue weighted by molar-refractivity contribution is 0.0540. The van der Waals surface area contributed by atoms with Gasteiger partial charge < -0.3 is 5.32 Å². The number of nitrogens with one attached hydrogen (secondary N) is 1. The van der Waals surface area contributed by atoms with Crippen molar-refractivity contribution >= 4 is 11.3 Å². The summed E-state index contributed by atoms with van der Waals surface area (Å²) in [6.45, 7) is 13.9. The van der Waals surface area contributed by atoms with Gasteiger partial charge in [0.2, 0.25) is 0 Å². The van der Waals surface area contributed by atoms with E-state index >= 15 is 0 Å². The molecule has 118 valence electrons. The van der Waals surface area contributed by atoms with Gasteiger partial charge in [-0.15, -0.1) is 11.3 Å². The summed E-state index contributed by atoms with van der Waals surface area (Å²) in [7, 11) is 0. The van der Waals surface area contributed by atoms with E-state index < -0.39 is 0 Å². The molecule has 2 unspecified atom stereocenters. The first kappa shape index (κ1) is 15.5. The van der Waals surface area contributed by atoms with Crippen molar-refractivity contribution < 1.29 is 0 Å². The van der Waals surface area contributed by atoms with Gasteiger partial charge in [-0.25, -0.2) is 0 Å². The average molecular weight is 308 g/mol. The Morgan fingerprint density at radius 3 is 3.05 bits per heavy atom. The van der Waals surface area contributed by atoms with Crippen molar-refractivity contribution in [3.8, 4) is 0 Å². The molecule has 0 aromatic carbocycles. The van der Waals surface area contributed by atoms with E-state index in [-0.39, 0.29) is 0 Å². The lowest BCUT2D eigenvalue weighted by Gasteiger charge is -2.42. The second kappa shape index (κ2) is 6.78. The summed E-state index contributed by atoms with van der Waals surface area (Å²) in [6.07, 6.45) is 2.80. The van der Waals surface area contributed by atoms with Crippen LogP contribution in [0.3, 0.4) is 0 Å². The smallest absolute Gasteiger partial charge is 0.0299 e. The molecule has 3 nitrogen and oxygen atoms in total. The van der Waals surface area contributed by atoms with Crippen LogP contribution in [-0.4, -0.2) is 48.1 Å². The molecule has 0 spiro atoms. The molecular formula is C17H29N3S. The van der Waals surface area contributed by atoms with Crippen molar-refractivity contribution in [2.75, 3.05) is 26.2 Å². The number of fused-ring (bicyclic) bond motifs is 1. The second-order valence-corrected chi connectivity index (χ2v) is 7.98. The number of hydrogen-bond donors (Lipinski definition) is 1. The van der Waals surface area contributed by atoms with Gasteiger partial charge in [-0.3, -0.25) is 9.80 Å². The van der Waals surface area contributed by atoms with E-state index in [1.807, 2.05) is 11.3 Å². The highest BCUT2D eigenvalue weighted by Gasteiger charge is 2.34. The van der Waals surface area contributed by atoms with Crippen LogP contribution < -0.4 is 5.32 Å². The highest BCUT2D eigenvalue weighted by Crippen LogP contribution is 2.28. The van der Waals surface area contributed by atoms with Crippen molar-refractivity contribution in [1.82, 2.24) is 15.1 Å². The van der Waals surface area contributed by atoms with Gasteiger partial charge in [-0.05, 0) is 51.4 Å². The lowest BCUT2D eigenvalue weighted by Crippen LogP contribution is -2.54. The molecule has 0 bridgehead atoms. The van der Waals surface area contributed by atoms with Gasteiger partial charge in [0.25, 0.3) is 0 Å². The number of piperazine rings is 1. The fourth-order valence-electron chi connectivity index (χ4n) is 3.77. The molecule has 2 atom stereocenters. The van der Waals surface area contributed by atoms with Crippen molar-refractivity contribution in [3.63, 3.8) is 0 Å². The monoisotopic (exact) mass is 307 g/mol. The van der Waals surface area contributed by atoms with Crippen LogP contribution in [0.15, 0.2) is 6.07 Å². The zero-order chi connectivity index (χ0) is 14.8. The van der Waals surface area contributed by atoms with Gasteiger partial charge >= 0.3 is 0 Å². The van der Waals surface area contributed by atoms with Gasteiger partial charge in [-0.2, -0.15) is 0 Å². The molecule has 2 saturated heterocycles. The number of nitrogens with zero attached hydrogens (tertiary/aromatic N) is 2. The average Bonchev–Trinajstić information content (AvgIpc) is 3.04. The van der Waals surface area contributed by atoms with Crippen molar-refractivity contribution in [2.24, 2.45) is 0 Å². The summed E-state index contributed by atoms with van der Waals surface area (Å²) in [5.41, 5.74) is 1.55. The molecule has 21 heavy (non-hydrogen) atoms. The van der Waals surface area contributed by atoms with Gasteiger partial charge in [0.15, 0.2) is 0 Å². The van der Waals surface area contributed by atoms with Gasteiger partial charge in [0.1, 0.15) is 0 Å². The van der Waals surface area contributed by atoms with E-state index in [0.29, 0.717) is 6.04 Å². The first-order valence-electron chi connectivity index (χ1n) is 8.44. The minimum Gasteiger partial charge on any atom is -0.312 e. The third kappa shape index (κ3) is 3.50. The van der Waals surface area contributed by atoms with Gasteiger partial charge in [0, 0.05) is 48.0 Å². The molecule has 2 aliphatic rings. The maximum Gasteiger partial charge on any atom is 0.0299 e. The minimum atomic E-state index is 0.691. The minimum absolute atomic E-state index is 0.691. The van der Waals surface area contributed by atoms with Crippen molar-refractivity contribution in [3.05, 3.63) is 21.4 Å². The summed E-state index contributed by atoms with van der Waals surface area (Å²) < 4.78 is 0. The summed E-state index contributed by atoms with van der Waals surface area (Å²) >= 11 is 1.96. The molecule has 2 aliphatic heterocycles. The zero-order valence-electron chi connectivity index (χ0n) is 13.7. The van der Waals surface area contributed by atoms with Crippen LogP contribution >= 0.6 is 11.3 Å². The van der Waals surface area contributed by atoms with E-state index in [4.69, 9.17) is 0 Å². The van der Waals surface area contributed by atoms with Crippen LogP contribution in [-0.2, 0) is 13.1 Å². The van der Waals surface area contributed by atoms with E-state index in [9.17, 15) is 0 Å². The Morgan fingerprint density at radius 1 is 1.38 bits per heavy atom. The Balaban J connectivity index is 1.64. The maximum absolute atomic E-state index is 3.44. The number of aryl methyl sites for hydroxylation is 1. The van der Waals surface area contributed by atoms with Crippen LogP contribution in [0.4, 0.5) is 0 Å². The highest BCUT2D eigenvalue weighted by atomic mass is 32.1. The van der Waals surface area contributed by atoms with Crippen LogP contribution in [0.5, 0.6) is 0 Å². The summed E-state index contributed by atoms with van der Waals surface area (Å²) in [5, 5.41) is 3.44. The molecule has 0 radical (unpaired) electrons. The quantitative estimate of drug-likeness (QED) is 0.902. The van der Waals surface area contributed by atoms with Crippen LogP contribution in [0.1, 0.15) is 42.0 Å². The van der Waals surface area contributed by atoms with Crippen LogP contribution in [0.25, 0.3) is 0 Å². The standard InChI is InChI=1S/C17H29N3S/c1-4-18-9-17-8-15(14(3)21-17)11-20-12-16-6-5-7-19(16)10-13(20)2/h8,13,16,18H,4-7,9-12H2,1-3H3. The molecular weight excluding hydrogens is 278 g/mol. The first-order chi connectivity index (χ1) is 10.2. The van der Waals surface area contributed by atoms with E-state index in [0.717, 1.165) is 25.7 Å². The SMILES string of the molecule is CCNCc1cc(CN2CC3CCCN3CC2C)c(C)s1. The fraction of sp³-hybridized carbons (Fsp3) is 0.765. The Bertz CT molecular complexity index is 471. The maximum atomic E-state index is 3.44. The third-order valence-electron chi connectivity index (χ3n) is 5.06. The predicted molar refractivity (Wildman–Crippen MR) is 90.9 cm³/mol. The lowest BCUT2D eigenvalue weighted by atomic mass is 10.1. The topological polar surface area (TPSA) is 18.5 Å². The summed E-state index contributed by atoms with van der Waals surface area (Å²) in [5.74, 6) is 0. The molecule has 1 aromatic heterocycles. The largest absolute Gasteiger partial charge is 0.312 e. The summed E-state index contributed by atoms with van der Waals surface area (Å²) in [4.78, 5) is 8.40. The predicted octanol–water partition coefficient (Wildman–Crippen LogP) is 2.83. The summed E-state index contributed by atoms with van der Waals surface area (Å²) in [6, 6.07) is 3.94. The van der Waals surface area contributed by atoms with E-state index in [1.54, 1.807) is 5.56 Å². The molecule has 0 saturated carbocycles. The molecule has 3 rings (SSSR count). The van der Waals surface area contributed by atoms with Crippen molar-refractivity contribution in [2.45, 2.75) is 58.8 Å². The number of hydrogen-bond acceptors (Lipinski definition) is 4. The molecule has 3 heterocycles. The molecule has 4 heteroatoms. The fourth-order valence-corrected chi connectivity index (χ4v) is 4.79. The zero-order valence-corrected chi connectivity index (χ0v) is 14.5. The Hall–Kier alpha value is -0.420. The van der Waals surface area contributed by atoms with E-state index in [1.165, 1.54) is 42.2 Å². The first-order valence-corrected chi connectivity index (χ1v) is 9.26. The van der Waals surface area contributed by atoms with Gasteiger partial charge in [-0.1, -0.05) is 6.92 Å². The third-order valence-corrected chi connectivity index (χ3v) is 6.15. The Kier molecular flexibility index (Phi) is 4.99. The van der Waals surface area contributed by atoms with E-state index in [2.05, 4.69) is 42.0 Å². The Labute approximate surface area is 133 Å². The molecule has 1 aromatic rings. The van der Waals surface area contributed by atoms with Crippen LogP contribution in [0.2, 0.25) is 0 Å². The molecule has 2 fully saturated rings. The van der Waals surface area contributed by atoms with Crippen LogP contribution in [0, 0.1) is 6.92 Å². The van der Waals surface area contributed by atoms with Gasteiger partial charge in [0.05, 0.1) is 0 Å². The highest BCUT2D eigenvalue weighted by molar-refractivity contribution is 7.12.